The van der Waals surface area contributed by atoms with E-state index in [1.54, 1.807) is 43.7 Å². The molecule has 2 aromatic rings. The second kappa shape index (κ2) is 10.3. The number of hydrogen-bond acceptors (Lipinski definition) is 6. The first-order valence-corrected chi connectivity index (χ1v) is 8.33. The third-order valence-corrected chi connectivity index (χ3v) is 4.37. The Balaban J connectivity index is 0.00000312. The summed E-state index contributed by atoms with van der Waals surface area (Å²) < 4.78 is 5.17. The van der Waals surface area contributed by atoms with Crippen molar-refractivity contribution >= 4 is 46.4 Å². The number of aliphatic imine (C=N–C) groups is 1. The minimum atomic E-state index is 0. The van der Waals surface area contributed by atoms with Crippen molar-refractivity contribution in [3.63, 3.8) is 0 Å². The van der Waals surface area contributed by atoms with Crippen LogP contribution in [0.1, 0.15) is 11.3 Å². The van der Waals surface area contributed by atoms with Crippen LogP contribution in [0.25, 0.3) is 0 Å². The number of nitrogens with one attached hydrogen (secondary N) is 2. The van der Waals surface area contributed by atoms with Gasteiger partial charge in [-0.15, -0.1) is 35.3 Å². The summed E-state index contributed by atoms with van der Waals surface area (Å²) in [7, 11) is 7.24. The molecule has 7 nitrogen and oxygen atoms in total. The molecule has 0 aliphatic heterocycles. The average Bonchev–Trinajstić information content (AvgIpc) is 3.05. The molecule has 1 aromatic heterocycles. The first-order chi connectivity index (χ1) is 11.5. The third-order valence-electron chi connectivity index (χ3n) is 3.32. The molecule has 25 heavy (non-hydrogen) atoms. The molecule has 0 bridgehead atoms. The normalized spacial score (nSPS) is 10.8. The number of aromatic hydroxyl groups is 1. The number of nitrogens with zero attached hydrogens (tertiary/aromatic N) is 3. The number of thiazole rings is 1. The molecule has 0 radical (unpaired) electrons. The summed E-state index contributed by atoms with van der Waals surface area (Å²) in [5, 5.41) is 19.3. The van der Waals surface area contributed by atoms with Crippen molar-refractivity contribution in [2.24, 2.45) is 4.99 Å². The molecular weight excluding hydrogens is 453 g/mol. The molecule has 1 heterocycles. The van der Waals surface area contributed by atoms with Crippen molar-refractivity contribution < 1.29 is 9.84 Å². The lowest BCUT2D eigenvalue weighted by Crippen LogP contribution is -2.36. The van der Waals surface area contributed by atoms with Crippen LogP contribution < -0.4 is 20.3 Å². The molecule has 0 aliphatic rings. The van der Waals surface area contributed by atoms with Gasteiger partial charge in [-0.25, -0.2) is 4.98 Å². The van der Waals surface area contributed by atoms with Crippen LogP contribution in [0.4, 0.5) is 5.13 Å². The number of methoxy groups -OCH3 is 1. The number of guanidine groups is 1. The monoisotopic (exact) mass is 477 g/mol. The van der Waals surface area contributed by atoms with E-state index in [2.05, 4.69) is 20.6 Å². The van der Waals surface area contributed by atoms with Crippen LogP contribution in [-0.2, 0) is 13.1 Å². The lowest BCUT2D eigenvalue weighted by Gasteiger charge is -2.12. The lowest BCUT2D eigenvalue weighted by atomic mass is 10.2. The van der Waals surface area contributed by atoms with Gasteiger partial charge in [-0.05, 0) is 18.2 Å². The predicted octanol–water partition coefficient (Wildman–Crippen LogP) is 2.41. The summed E-state index contributed by atoms with van der Waals surface area (Å²) >= 11 is 1.60. The third kappa shape index (κ3) is 6.24. The molecule has 9 heteroatoms. The Bertz CT molecular complexity index is 706. The van der Waals surface area contributed by atoms with Gasteiger partial charge in [0.2, 0.25) is 0 Å². The quantitative estimate of drug-likeness (QED) is 0.337. The molecule has 1 aromatic carbocycles. The van der Waals surface area contributed by atoms with Gasteiger partial charge in [-0.1, -0.05) is 0 Å². The van der Waals surface area contributed by atoms with Crippen molar-refractivity contribution in [3.8, 4) is 11.5 Å². The highest BCUT2D eigenvalue weighted by atomic mass is 127. The Morgan fingerprint density at radius 3 is 2.64 bits per heavy atom. The second-order valence-corrected chi connectivity index (χ2v) is 6.13. The van der Waals surface area contributed by atoms with Crippen molar-refractivity contribution in [3.05, 3.63) is 34.8 Å². The number of hydrogen-bond donors (Lipinski definition) is 3. The van der Waals surface area contributed by atoms with E-state index >= 15 is 0 Å². The van der Waals surface area contributed by atoms with Crippen LogP contribution in [0.5, 0.6) is 11.5 Å². The minimum Gasteiger partial charge on any atom is -0.508 e. The van der Waals surface area contributed by atoms with Gasteiger partial charge in [0.25, 0.3) is 0 Å². The van der Waals surface area contributed by atoms with Crippen LogP contribution in [0.15, 0.2) is 28.6 Å². The lowest BCUT2D eigenvalue weighted by molar-refractivity contribution is 0.410. The highest BCUT2D eigenvalue weighted by Crippen LogP contribution is 2.22. The molecule has 2 rings (SSSR count). The van der Waals surface area contributed by atoms with Gasteiger partial charge in [0, 0.05) is 38.6 Å². The number of phenolic OH excluding ortho intramolecular Hbond substituents is 1. The minimum absolute atomic E-state index is 0. The van der Waals surface area contributed by atoms with Gasteiger partial charge in [0.15, 0.2) is 11.1 Å². The van der Waals surface area contributed by atoms with E-state index in [-0.39, 0.29) is 29.7 Å². The smallest absolute Gasteiger partial charge is 0.191 e. The first kappa shape index (κ1) is 21.3. The average molecular weight is 477 g/mol. The maximum Gasteiger partial charge on any atom is 0.191 e. The molecule has 0 saturated heterocycles. The SMILES string of the molecule is CN=C(NCc1csc(N(C)C)n1)NCc1cc(OC)ccc1O.I. The topological polar surface area (TPSA) is 82.0 Å². The Morgan fingerprint density at radius 1 is 1.32 bits per heavy atom. The Hall–Kier alpha value is -1.75. The molecule has 0 spiro atoms. The second-order valence-electron chi connectivity index (χ2n) is 5.29. The number of anilines is 1. The van der Waals surface area contributed by atoms with Gasteiger partial charge in [0.1, 0.15) is 11.5 Å². The van der Waals surface area contributed by atoms with E-state index in [4.69, 9.17) is 4.74 Å². The number of rotatable bonds is 6. The zero-order valence-corrected chi connectivity index (χ0v) is 17.9. The Kier molecular flexibility index (Phi) is 8.76. The van der Waals surface area contributed by atoms with Crippen LogP contribution in [0.2, 0.25) is 0 Å². The molecule has 0 atom stereocenters. The van der Waals surface area contributed by atoms with E-state index in [9.17, 15) is 5.11 Å². The summed E-state index contributed by atoms with van der Waals surface area (Å²) in [5.74, 6) is 1.55. The van der Waals surface area contributed by atoms with Gasteiger partial charge >= 0.3 is 0 Å². The molecule has 0 fully saturated rings. The van der Waals surface area contributed by atoms with Crippen LogP contribution >= 0.6 is 35.3 Å². The molecule has 0 amide bonds. The zero-order valence-electron chi connectivity index (χ0n) is 14.7. The number of ether oxygens (including phenoxy) is 1. The van der Waals surface area contributed by atoms with E-state index in [1.165, 1.54) is 0 Å². The maximum absolute atomic E-state index is 9.91. The fourth-order valence-corrected chi connectivity index (χ4v) is 2.75. The van der Waals surface area contributed by atoms with E-state index in [1.807, 2.05) is 24.4 Å². The number of phenols is 1. The van der Waals surface area contributed by atoms with Crippen molar-refractivity contribution in [1.29, 1.82) is 0 Å². The number of aromatic nitrogens is 1. The summed E-state index contributed by atoms with van der Waals surface area (Å²) in [4.78, 5) is 10.7. The molecule has 3 N–H and O–H groups in total. The zero-order chi connectivity index (χ0) is 17.5. The number of benzene rings is 1. The van der Waals surface area contributed by atoms with Crippen LogP contribution in [0.3, 0.4) is 0 Å². The summed E-state index contributed by atoms with van der Waals surface area (Å²) in [6, 6.07) is 5.12. The predicted molar refractivity (Wildman–Crippen MR) is 114 cm³/mol. The summed E-state index contributed by atoms with van der Waals surface area (Å²) in [5.41, 5.74) is 1.69. The van der Waals surface area contributed by atoms with Crippen LogP contribution in [-0.4, -0.2) is 44.3 Å². The van der Waals surface area contributed by atoms with Gasteiger partial charge < -0.3 is 25.4 Å². The molecule has 0 saturated carbocycles. The number of halogens is 1. The Labute approximate surface area is 169 Å². The molecule has 0 unspecified atom stereocenters. The van der Waals surface area contributed by atoms with Crippen molar-refractivity contribution in [1.82, 2.24) is 15.6 Å². The van der Waals surface area contributed by atoms with Crippen molar-refractivity contribution in [2.75, 3.05) is 33.2 Å². The highest BCUT2D eigenvalue weighted by Gasteiger charge is 2.07. The van der Waals surface area contributed by atoms with Crippen molar-refractivity contribution in [2.45, 2.75) is 13.1 Å². The van der Waals surface area contributed by atoms with Crippen LogP contribution in [0, 0.1) is 0 Å². The largest absolute Gasteiger partial charge is 0.508 e. The highest BCUT2D eigenvalue weighted by molar-refractivity contribution is 14.0. The maximum atomic E-state index is 9.91. The van der Waals surface area contributed by atoms with E-state index in [0.29, 0.717) is 24.8 Å². The van der Waals surface area contributed by atoms with E-state index in [0.717, 1.165) is 16.4 Å². The fourth-order valence-electron chi connectivity index (χ4n) is 1.99. The van der Waals surface area contributed by atoms with Gasteiger partial charge in [0.05, 0.1) is 19.3 Å². The van der Waals surface area contributed by atoms with Gasteiger partial charge in [-0.3, -0.25) is 4.99 Å². The molecular formula is C16H24IN5O2S. The standard InChI is InChI=1S/C16H23N5O2S.HI/c1-17-15(19-9-12-10-24-16(20-12)21(2)3)18-8-11-7-13(23-4)5-6-14(11)22;/h5-7,10,22H,8-9H2,1-4H3,(H2,17,18,19);1H. The van der Waals surface area contributed by atoms with Gasteiger partial charge in [-0.2, -0.15) is 0 Å². The fraction of sp³-hybridized carbons (Fsp3) is 0.375. The Morgan fingerprint density at radius 2 is 2.04 bits per heavy atom. The van der Waals surface area contributed by atoms with E-state index < -0.39 is 0 Å². The summed E-state index contributed by atoms with van der Waals surface area (Å²) in [6.07, 6.45) is 0. The summed E-state index contributed by atoms with van der Waals surface area (Å²) in [6.45, 7) is 1.01. The molecule has 0 aliphatic carbocycles. The molecule has 138 valence electrons. The first-order valence-electron chi connectivity index (χ1n) is 7.45.